The monoisotopic (exact) mass is 414 g/mol. The van der Waals surface area contributed by atoms with Crippen molar-refractivity contribution >= 4 is 5.91 Å². The van der Waals surface area contributed by atoms with Crippen LogP contribution in [-0.2, 0) is 34.4 Å². The first-order valence-electron chi connectivity index (χ1n) is 10.5. The molecule has 0 spiro atoms. The SMILES string of the molecule is Cc1ccccc1CNCC1OC2CC(CC(=O)NCc3nccn3C)OC2C1O. The molecule has 2 aliphatic rings. The Hall–Kier alpha value is -2.26. The molecule has 0 radical (unpaired) electrons. The maximum atomic E-state index is 12.2. The Morgan fingerprint density at radius 3 is 2.87 bits per heavy atom. The normalized spacial score (nSPS) is 27.9. The molecule has 30 heavy (non-hydrogen) atoms. The summed E-state index contributed by atoms with van der Waals surface area (Å²) in [5.74, 6) is 0.710. The van der Waals surface area contributed by atoms with Gasteiger partial charge in [-0.05, 0) is 18.1 Å². The number of aromatic nitrogens is 2. The van der Waals surface area contributed by atoms with Gasteiger partial charge in [-0.25, -0.2) is 4.98 Å². The highest BCUT2D eigenvalue weighted by atomic mass is 16.6. The summed E-state index contributed by atoms with van der Waals surface area (Å²) in [5.41, 5.74) is 2.47. The lowest BCUT2D eigenvalue weighted by atomic mass is 10.1. The van der Waals surface area contributed by atoms with E-state index >= 15 is 0 Å². The molecule has 8 nitrogen and oxygen atoms in total. The second-order valence-electron chi connectivity index (χ2n) is 8.15. The molecule has 2 saturated heterocycles. The summed E-state index contributed by atoms with van der Waals surface area (Å²) in [6.45, 7) is 3.76. The van der Waals surface area contributed by atoms with E-state index in [1.807, 2.05) is 29.9 Å². The molecule has 0 bridgehead atoms. The van der Waals surface area contributed by atoms with E-state index in [1.54, 1.807) is 6.20 Å². The summed E-state index contributed by atoms with van der Waals surface area (Å²) in [7, 11) is 1.89. The van der Waals surface area contributed by atoms with Crippen LogP contribution in [0.4, 0.5) is 0 Å². The Morgan fingerprint density at radius 2 is 2.13 bits per heavy atom. The van der Waals surface area contributed by atoms with Gasteiger partial charge in [0, 0.05) is 39.0 Å². The van der Waals surface area contributed by atoms with Crippen molar-refractivity contribution in [2.45, 2.75) is 63.4 Å². The van der Waals surface area contributed by atoms with Crippen LogP contribution in [0.3, 0.4) is 0 Å². The summed E-state index contributed by atoms with van der Waals surface area (Å²) in [4.78, 5) is 16.4. The molecule has 2 aliphatic heterocycles. The van der Waals surface area contributed by atoms with Crippen molar-refractivity contribution in [3.63, 3.8) is 0 Å². The zero-order valence-electron chi connectivity index (χ0n) is 17.5. The van der Waals surface area contributed by atoms with Crippen molar-refractivity contribution < 1.29 is 19.4 Å². The standard InChI is InChI=1S/C22H30N4O4/c1-14-5-3-4-6-15(14)11-23-12-18-21(28)22-17(30-18)9-16(29-22)10-20(27)25-13-19-24-7-8-26(19)2/h3-8,16-18,21-23,28H,9-13H2,1-2H3,(H,25,27). The number of ether oxygens (including phenoxy) is 2. The number of nitrogens with one attached hydrogen (secondary N) is 2. The minimum Gasteiger partial charge on any atom is -0.388 e. The molecule has 4 rings (SSSR count). The van der Waals surface area contributed by atoms with Crippen molar-refractivity contribution in [1.29, 1.82) is 0 Å². The second kappa shape index (κ2) is 9.26. The van der Waals surface area contributed by atoms with Crippen molar-refractivity contribution in [2.24, 2.45) is 7.05 Å². The first kappa shape index (κ1) is 21.0. The predicted molar refractivity (Wildman–Crippen MR) is 111 cm³/mol. The predicted octanol–water partition coefficient (Wildman–Crippen LogP) is 0.810. The van der Waals surface area contributed by atoms with Crippen LogP contribution in [-0.4, -0.2) is 57.6 Å². The third-order valence-corrected chi connectivity index (χ3v) is 5.98. The van der Waals surface area contributed by atoms with Crippen LogP contribution in [0.25, 0.3) is 0 Å². The number of benzene rings is 1. The molecule has 5 atom stereocenters. The van der Waals surface area contributed by atoms with E-state index in [4.69, 9.17) is 9.47 Å². The number of fused-ring (bicyclic) bond motifs is 1. The largest absolute Gasteiger partial charge is 0.388 e. The zero-order chi connectivity index (χ0) is 21.1. The molecule has 1 aromatic heterocycles. The minimum absolute atomic E-state index is 0.0890. The molecule has 1 amide bonds. The fourth-order valence-corrected chi connectivity index (χ4v) is 4.19. The van der Waals surface area contributed by atoms with Gasteiger partial charge in [0.1, 0.15) is 18.0 Å². The number of aliphatic hydroxyl groups excluding tert-OH is 1. The Bertz CT molecular complexity index is 870. The highest BCUT2D eigenvalue weighted by molar-refractivity contribution is 5.76. The summed E-state index contributed by atoms with van der Waals surface area (Å²) in [6.07, 6.45) is 2.64. The van der Waals surface area contributed by atoms with E-state index in [2.05, 4.69) is 34.7 Å². The Balaban J connectivity index is 1.19. The summed E-state index contributed by atoms with van der Waals surface area (Å²) < 4.78 is 13.9. The van der Waals surface area contributed by atoms with Crippen LogP contribution in [0.2, 0.25) is 0 Å². The number of aryl methyl sites for hydroxylation is 2. The number of nitrogens with zero attached hydrogens (tertiary/aromatic N) is 2. The molecule has 3 N–H and O–H groups in total. The van der Waals surface area contributed by atoms with Crippen LogP contribution in [0.15, 0.2) is 36.7 Å². The van der Waals surface area contributed by atoms with Crippen LogP contribution >= 0.6 is 0 Å². The maximum Gasteiger partial charge on any atom is 0.222 e. The van der Waals surface area contributed by atoms with Gasteiger partial charge in [0.25, 0.3) is 0 Å². The number of imidazole rings is 1. The van der Waals surface area contributed by atoms with E-state index < -0.39 is 6.10 Å². The zero-order valence-corrected chi connectivity index (χ0v) is 17.5. The van der Waals surface area contributed by atoms with Gasteiger partial charge in [0.2, 0.25) is 5.91 Å². The van der Waals surface area contributed by atoms with E-state index in [-0.39, 0.29) is 36.7 Å². The second-order valence-corrected chi connectivity index (χ2v) is 8.15. The average Bonchev–Trinajstić information content (AvgIpc) is 3.38. The number of rotatable bonds is 8. The lowest BCUT2D eigenvalue weighted by Crippen LogP contribution is -2.39. The lowest BCUT2D eigenvalue weighted by molar-refractivity contribution is -0.125. The Morgan fingerprint density at radius 1 is 1.30 bits per heavy atom. The molecule has 0 aliphatic carbocycles. The van der Waals surface area contributed by atoms with Crippen molar-refractivity contribution in [3.05, 3.63) is 53.6 Å². The van der Waals surface area contributed by atoms with Crippen LogP contribution in [0.1, 0.15) is 29.8 Å². The highest BCUT2D eigenvalue weighted by Gasteiger charge is 2.50. The van der Waals surface area contributed by atoms with Crippen molar-refractivity contribution in [2.75, 3.05) is 6.54 Å². The minimum atomic E-state index is -0.694. The van der Waals surface area contributed by atoms with Crippen LogP contribution in [0, 0.1) is 6.92 Å². The first-order valence-corrected chi connectivity index (χ1v) is 10.5. The average molecular weight is 415 g/mol. The van der Waals surface area contributed by atoms with Gasteiger partial charge >= 0.3 is 0 Å². The number of hydrogen-bond donors (Lipinski definition) is 3. The molecule has 2 fully saturated rings. The number of carbonyl (C=O) groups excluding carboxylic acids is 1. The van der Waals surface area contributed by atoms with E-state index in [0.29, 0.717) is 19.5 Å². The summed E-state index contributed by atoms with van der Waals surface area (Å²) in [6, 6.07) is 8.23. The fourth-order valence-electron chi connectivity index (χ4n) is 4.19. The van der Waals surface area contributed by atoms with Gasteiger partial charge in [-0.3, -0.25) is 4.79 Å². The van der Waals surface area contributed by atoms with Crippen LogP contribution < -0.4 is 10.6 Å². The highest BCUT2D eigenvalue weighted by Crippen LogP contribution is 2.35. The van der Waals surface area contributed by atoms with Gasteiger partial charge in [0.15, 0.2) is 0 Å². The van der Waals surface area contributed by atoms with Gasteiger partial charge in [-0.15, -0.1) is 0 Å². The van der Waals surface area contributed by atoms with Gasteiger partial charge in [0.05, 0.1) is 31.3 Å². The fraction of sp³-hybridized carbons (Fsp3) is 0.545. The van der Waals surface area contributed by atoms with E-state index in [0.717, 1.165) is 12.4 Å². The third kappa shape index (κ3) is 4.73. The number of amides is 1. The quantitative estimate of drug-likeness (QED) is 0.592. The number of carbonyl (C=O) groups is 1. The Kier molecular flexibility index (Phi) is 6.48. The summed E-state index contributed by atoms with van der Waals surface area (Å²) in [5, 5.41) is 16.9. The van der Waals surface area contributed by atoms with Crippen LogP contribution in [0.5, 0.6) is 0 Å². The van der Waals surface area contributed by atoms with Crippen molar-refractivity contribution in [3.8, 4) is 0 Å². The third-order valence-electron chi connectivity index (χ3n) is 5.98. The molecule has 8 heteroatoms. The molecule has 1 aromatic carbocycles. The molecular formula is C22H30N4O4. The Labute approximate surface area is 176 Å². The number of hydrogen-bond acceptors (Lipinski definition) is 6. The van der Waals surface area contributed by atoms with E-state index in [1.165, 1.54) is 11.1 Å². The smallest absolute Gasteiger partial charge is 0.222 e. The topological polar surface area (TPSA) is 97.6 Å². The van der Waals surface area contributed by atoms with Gasteiger partial charge in [-0.1, -0.05) is 24.3 Å². The molecule has 2 aromatic rings. The molecule has 0 saturated carbocycles. The first-order chi connectivity index (χ1) is 14.5. The molecule has 3 heterocycles. The lowest BCUT2D eigenvalue weighted by Gasteiger charge is -2.20. The van der Waals surface area contributed by atoms with Gasteiger partial charge in [-0.2, -0.15) is 0 Å². The molecule has 5 unspecified atom stereocenters. The van der Waals surface area contributed by atoms with Gasteiger partial charge < -0.3 is 29.8 Å². The number of aliphatic hydroxyl groups is 1. The molecular weight excluding hydrogens is 384 g/mol. The molecule has 162 valence electrons. The maximum absolute atomic E-state index is 12.2. The van der Waals surface area contributed by atoms with Crippen molar-refractivity contribution in [1.82, 2.24) is 20.2 Å². The summed E-state index contributed by atoms with van der Waals surface area (Å²) >= 11 is 0. The van der Waals surface area contributed by atoms with E-state index in [9.17, 15) is 9.90 Å².